The van der Waals surface area contributed by atoms with Crippen LogP contribution in [0.1, 0.15) is 13.3 Å². The molecule has 0 amide bonds. The van der Waals surface area contributed by atoms with Gasteiger partial charge in [0.1, 0.15) is 5.82 Å². The minimum atomic E-state index is 0.462. The van der Waals surface area contributed by atoms with Gasteiger partial charge in [-0.1, -0.05) is 6.92 Å². The Balaban J connectivity index is 1.96. The molecule has 0 saturated heterocycles. The molecule has 3 aromatic heterocycles. The summed E-state index contributed by atoms with van der Waals surface area (Å²) >= 11 is 0. The Hall–Kier alpha value is -2.57. The summed E-state index contributed by atoms with van der Waals surface area (Å²) in [5, 5.41) is 7.32. The van der Waals surface area contributed by atoms with Crippen molar-refractivity contribution in [3.05, 3.63) is 31.0 Å². The van der Waals surface area contributed by atoms with Crippen molar-refractivity contribution < 1.29 is 4.74 Å². The lowest BCUT2D eigenvalue weighted by atomic mass is 10.5. The first kappa shape index (κ1) is 12.5. The summed E-state index contributed by atoms with van der Waals surface area (Å²) in [5.41, 5.74) is 0.677. The van der Waals surface area contributed by atoms with Gasteiger partial charge in [-0.15, -0.1) is 0 Å². The molecule has 0 unspecified atom stereocenters. The number of anilines is 1. The lowest BCUT2D eigenvalue weighted by molar-refractivity contribution is 0.465. The quantitative estimate of drug-likeness (QED) is 0.770. The molecule has 20 heavy (non-hydrogen) atoms. The molecular formula is C13H16N6O. The smallest absolute Gasteiger partial charge is 0.265 e. The summed E-state index contributed by atoms with van der Waals surface area (Å²) in [7, 11) is 1.84. The standard InChI is InChI=1S/C13H16N6O/c1-3-4-14-11-9-19-6-5-15-12(19)13(17-11)20-10-7-16-18(2)8-10/h5-9,14H,3-4H2,1-2H3. The van der Waals surface area contributed by atoms with Crippen molar-refractivity contribution in [3.63, 3.8) is 0 Å². The number of hydrogen-bond donors (Lipinski definition) is 1. The fraction of sp³-hybridized carbons (Fsp3) is 0.308. The second-order valence-corrected chi connectivity index (χ2v) is 4.47. The molecule has 0 atom stereocenters. The Morgan fingerprint density at radius 2 is 2.25 bits per heavy atom. The summed E-state index contributed by atoms with van der Waals surface area (Å²) in [6.07, 6.45) is 9.94. The van der Waals surface area contributed by atoms with Crippen LogP contribution in [0.2, 0.25) is 0 Å². The van der Waals surface area contributed by atoms with Crippen molar-refractivity contribution in [1.82, 2.24) is 24.1 Å². The zero-order valence-electron chi connectivity index (χ0n) is 11.4. The van der Waals surface area contributed by atoms with Crippen LogP contribution in [0.5, 0.6) is 11.6 Å². The van der Waals surface area contributed by atoms with Crippen molar-refractivity contribution in [2.75, 3.05) is 11.9 Å². The Bertz CT molecular complexity index is 717. The summed E-state index contributed by atoms with van der Waals surface area (Å²) in [4.78, 5) is 8.72. The molecule has 0 aliphatic rings. The van der Waals surface area contributed by atoms with Gasteiger partial charge in [0, 0.05) is 26.0 Å². The van der Waals surface area contributed by atoms with E-state index < -0.39 is 0 Å². The maximum absolute atomic E-state index is 5.77. The molecular weight excluding hydrogens is 256 g/mol. The van der Waals surface area contributed by atoms with Crippen molar-refractivity contribution in [3.8, 4) is 11.6 Å². The Morgan fingerprint density at radius 1 is 1.35 bits per heavy atom. The topological polar surface area (TPSA) is 69.3 Å². The largest absolute Gasteiger partial charge is 0.432 e. The molecule has 104 valence electrons. The third-order valence-corrected chi connectivity index (χ3v) is 2.80. The number of nitrogens with one attached hydrogen (secondary N) is 1. The summed E-state index contributed by atoms with van der Waals surface area (Å²) < 4.78 is 9.34. The van der Waals surface area contributed by atoms with E-state index in [9.17, 15) is 0 Å². The van der Waals surface area contributed by atoms with Crippen LogP contribution in [0, 0.1) is 0 Å². The molecule has 0 fully saturated rings. The molecule has 0 radical (unpaired) electrons. The van der Waals surface area contributed by atoms with E-state index in [1.807, 2.05) is 23.8 Å². The van der Waals surface area contributed by atoms with Crippen molar-refractivity contribution in [1.29, 1.82) is 0 Å². The molecule has 0 spiro atoms. The van der Waals surface area contributed by atoms with Crippen molar-refractivity contribution in [2.45, 2.75) is 13.3 Å². The minimum absolute atomic E-state index is 0.462. The van der Waals surface area contributed by atoms with E-state index in [-0.39, 0.29) is 0 Å². The molecule has 3 heterocycles. The lowest BCUT2D eigenvalue weighted by Gasteiger charge is -2.08. The van der Waals surface area contributed by atoms with E-state index in [4.69, 9.17) is 4.74 Å². The molecule has 0 bridgehead atoms. The predicted octanol–water partition coefficient (Wildman–Crippen LogP) is 2.08. The highest BCUT2D eigenvalue weighted by Crippen LogP contribution is 2.24. The Labute approximate surface area is 116 Å². The van der Waals surface area contributed by atoms with Crippen LogP contribution in [0.15, 0.2) is 31.0 Å². The third kappa shape index (κ3) is 2.42. The van der Waals surface area contributed by atoms with Crippen LogP contribution >= 0.6 is 0 Å². The van der Waals surface area contributed by atoms with Gasteiger partial charge in [-0.2, -0.15) is 10.1 Å². The van der Waals surface area contributed by atoms with Crippen LogP contribution < -0.4 is 10.1 Å². The molecule has 7 nitrogen and oxygen atoms in total. The number of imidazole rings is 1. The molecule has 0 saturated carbocycles. The van der Waals surface area contributed by atoms with E-state index in [0.29, 0.717) is 17.3 Å². The van der Waals surface area contributed by atoms with E-state index in [1.165, 1.54) is 0 Å². The number of nitrogens with zero attached hydrogens (tertiary/aromatic N) is 5. The first-order valence-electron chi connectivity index (χ1n) is 6.50. The van der Waals surface area contributed by atoms with Crippen molar-refractivity contribution in [2.24, 2.45) is 7.05 Å². The van der Waals surface area contributed by atoms with Crippen LogP contribution in [0.4, 0.5) is 5.82 Å². The monoisotopic (exact) mass is 272 g/mol. The third-order valence-electron chi connectivity index (χ3n) is 2.80. The van der Waals surface area contributed by atoms with Crippen molar-refractivity contribution >= 4 is 11.5 Å². The zero-order chi connectivity index (χ0) is 13.9. The average molecular weight is 272 g/mol. The van der Waals surface area contributed by atoms with Gasteiger partial charge in [0.05, 0.1) is 18.6 Å². The SMILES string of the molecule is CCCNc1cn2ccnc2c(Oc2cnn(C)c2)n1. The number of hydrogen-bond acceptors (Lipinski definition) is 5. The first-order chi connectivity index (χ1) is 9.76. The minimum Gasteiger partial charge on any atom is -0.432 e. The van der Waals surface area contributed by atoms with Crippen LogP contribution in [0.3, 0.4) is 0 Å². The van der Waals surface area contributed by atoms with Crippen LogP contribution in [-0.2, 0) is 7.05 Å². The molecule has 1 N–H and O–H groups in total. The fourth-order valence-electron chi connectivity index (χ4n) is 1.87. The second-order valence-electron chi connectivity index (χ2n) is 4.47. The maximum Gasteiger partial charge on any atom is 0.265 e. The number of aromatic nitrogens is 5. The van der Waals surface area contributed by atoms with Gasteiger partial charge in [-0.25, -0.2) is 4.98 Å². The molecule has 0 aliphatic heterocycles. The van der Waals surface area contributed by atoms with Gasteiger partial charge >= 0.3 is 0 Å². The molecule has 0 aromatic carbocycles. The fourth-order valence-corrected chi connectivity index (χ4v) is 1.87. The van der Waals surface area contributed by atoms with Crippen LogP contribution in [-0.4, -0.2) is 30.7 Å². The summed E-state index contributed by atoms with van der Waals surface area (Å²) in [6, 6.07) is 0. The number of aryl methyl sites for hydroxylation is 1. The molecule has 7 heteroatoms. The first-order valence-corrected chi connectivity index (χ1v) is 6.50. The second kappa shape index (κ2) is 5.20. The van der Waals surface area contributed by atoms with Gasteiger partial charge < -0.3 is 10.1 Å². The van der Waals surface area contributed by atoms with Gasteiger partial charge in [0.2, 0.25) is 5.65 Å². The Kier molecular flexibility index (Phi) is 3.24. The predicted molar refractivity (Wildman–Crippen MR) is 75.0 cm³/mol. The summed E-state index contributed by atoms with van der Waals surface area (Å²) in [6.45, 7) is 2.97. The number of ether oxygens (including phenoxy) is 1. The highest BCUT2D eigenvalue weighted by Gasteiger charge is 2.10. The van der Waals surface area contributed by atoms with Crippen LogP contribution in [0.25, 0.3) is 5.65 Å². The zero-order valence-corrected chi connectivity index (χ0v) is 11.4. The average Bonchev–Trinajstić information content (AvgIpc) is 3.05. The molecule has 3 aromatic rings. The Morgan fingerprint density at radius 3 is 3.00 bits per heavy atom. The lowest BCUT2D eigenvalue weighted by Crippen LogP contribution is -2.04. The van der Waals surface area contributed by atoms with Gasteiger partial charge in [-0.3, -0.25) is 9.08 Å². The number of rotatable bonds is 5. The number of fused-ring (bicyclic) bond motifs is 1. The van der Waals surface area contributed by atoms with Gasteiger partial charge in [-0.05, 0) is 6.42 Å². The molecule has 3 rings (SSSR count). The normalized spacial score (nSPS) is 10.9. The van der Waals surface area contributed by atoms with Gasteiger partial charge in [0.15, 0.2) is 5.75 Å². The maximum atomic E-state index is 5.77. The highest BCUT2D eigenvalue weighted by atomic mass is 16.5. The summed E-state index contributed by atoms with van der Waals surface area (Å²) in [5.74, 6) is 1.86. The van der Waals surface area contributed by atoms with Gasteiger partial charge in [0.25, 0.3) is 5.88 Å². The van der Waals surface area contributed by atoms with E-state index in [1.54, 1.807) is 23.3 Å². The van der Waals surface area contributed by atoms with E-state index in [2.05, 4.69) is 27.3 Å². The molecule has 0 aliphatic carbocycles. The van der Waals surface area contributed by atoms with E-state index in [0.717, 1.165) is 18.8 Å². The highest BCUT2D eigenvalue weighted by molar-refractivity contribution is 5.54. The van der Waals surface area contributed by atoms with E-state index >= 15 is 0 Å².